The van der Waals surface area contributed by atoms with Crippen LogP contribution in [0, 0.1) is 23.7 Å². The number of likely N-dealkylation sites (N-methyl/N-ethyl adjacent to an activating group) is 1. The number of Topliss-reactive ketones (excluding diaryl/α,β-unsaturated/α-hetero) is 1. The van der Waals surface area contributed by atoms with Crippen molar-refractivity contribution in [2.75, 3.05) is 13.6 Å². The van der Waals surface area contributed by atoms with Gasteiger partial charge in [0.2, 0.25) is 5.91 Å². The van der Waals surface area contributed by atoms with Gasteiger partial charge in [-0.3, -0.25) is 28.9 Å². The number of carbonyl (C=O) groups excluding carboxylic acids is 4. The quantitative estimate of drug-likeness (QED) is 0.132. The van der Waals surface area contributed by atoms with Gasteiger partial charge in [0.15, 0.2) is 11.9 Å². The molecular formula is C41H60N4O7S. The maximum absolute atomic E-state index is 14.2. The third-order valence-electron chi connectivity index (χ3n) is 11.3. The van der Waals surface area contributed by atoms with E-state index in [4.69, 9.17) is 4.74 Å². The van der Waals surface area contributed by atoms with Crippen molar-refractivity contribution in [3.05, 3.63) is 52.0 Å². The summed E-state index contributed by atoms with van der Waals surface area (Å²) in [4.78, 5) is 72.2. The molecule has 1 saturated carbocycles. The maximum atomic E-state index is 14.2. The first-order valence-corrected chi connectivity index (χ1v) is 20.5. The average Bonchev–Trinajstić information content (AvgIpc) is 3.64. The minimum absolute atomic E-state index is 0.00774. The van der Waals surface area contributed by atoms with Gasteiger partial charge in [0.05, 0.1) is 12.0 Å². The molecule has 0 unspecified atom stereocenters. The molecule has 4 rings (SSSR count). The molecular weight excluding hydrogens is 693 g/mol. The van der Waals surface area contributed by atoms with Crippen LogP contribution < -0.4 is 10.6 Å². The normalized spacial score (nSPS) is 20.3. The Morgan fingerprint density at radius 1 is 0.981 bits per heavy atom. The van der Waals surface area contributed by atoms with Gasteiger partial charge in [0, 0.05) is 43.1 Å². The molecule has 1 aromatic heterocycles. The first kappa shape index (κ1) is 42.1. The summed E-state index contributed by atoms with van der Waals surface area (Å²) in [6.07, 6.45) is 9.16. The van der Waals surface area contributed by atoms with Gasteiger partial charge in [-0.2, -0.15) is 0 Å². The summed E-state index contributed by atoms with van der Waals surface area (Å²) in [7, 11) is 1.99. The lowest BCUT2D eigenvalue weighted by Crippen LogP contribution is -2.48. The summed E-state index contributed by atoms with van der Waals surface area (Å²) < 4.78 is 5.86. The predicted molar refractivity (Wildman–Crippen MR) is 205 cm³/mol. The first-order valence-electron chi connectivity index (χ1n) is 19.6. The second-order valence-corrected chi connectivity index (χ2v) is 16.3. The number of ether oxygens (including phenoxy) is 1. The maximum Gasteiger partial charge on any atom is 0.306 e. The zero-order valence-electron chi connectivity index (χ0n) is 32.2. The Bertz CT molecular complexity index is 1510. The van der Waals surface area contributed by atoms with Crippen LogP contribution in [0.5, 0.6) is 0 Å². The molecule has 1 aliphatic heterocycles. The Balaban J connectivity index is 1.53. The number of esters is 1. The number of likely N-dealkylation sites (tertiary alicyclic amines) is 1. The standard InChI is InChI=1S/C41H60N4O7S/c1-6-26(2)32(23-36(47)35-19-13-14-20-45(35)5)38(48)43-33(30-17-11-8-12-18-30)24-37(52-28(4)46)40-44-34(25-53-40)39(49)42-31(21-27(3)41(50)51)22-29-15-9-7-10-16-29/h7,9-10,15-16,25-27,30-33,35,37H,6,8,11-14,17-24H2,1-5H3,(H,42,49)(H,43,48)(H,50,51)/t26-,27-,31+,32-,33+,35+,37+/m0/s1. The van der Waals surface area contributed by atoms with Gasteiger partial charge < -0.3 is 20.5 Å². The number of ketones is 1. The van der Waals surface area contributed by atoms with Crippen LogP contribution in [0.15, 0.2) is 35.7 Å². The molecule has 3 N–H and O–H groups in total. The van der Waals surface area contributed by atoms with E-state index in [1.807, 2.05) is 51.2 Å². The van der Waals surface area contributed by atoms with Crippen LogP contribution in [0.25, 0.3) is 0 Å². The number of thiazole rings is 1. The van der Waals surface area contributed by atoms with E-state index in [1.54, 1.807) is 12.3 Å². The van der Waals surface area contributed by atoms with Gasteiger partial charge in [-0.25, -0.2) is 4.98 Å². The second kappa shape index (κ2) is 20.7. The number of carboxylic acids is 1. The number of piperidine rings is 1. The van der Waals surface area contributed by atoms with Gasteiger partial charge in [-0.05, 0) is 69.5 Å². The van der Waals surface area contributed by atoms with E-state index < -0.39 is 41.8 Å². The number of aliphatic carboxylic acids is 1. The highest BCUT2D eigenvalue weighted by Gasteiger charge is 2.36. The number of carbonyl (C=O) groups is 5. The van der Waals surface area contributed by atoms with Gasteiger partial charge in [-0.15, -0.1) is 11.3 Å². The van der Waals surface area contributed by atoms with Crippen LogP contribution in [0.4, 0.5) is 0 Å². The summed E-state index contributed by atoms with van der Waals surface area (Å²) >= 11 is 1.22. The van der Waals surface area contributed by atoms with Crippen molar-refractivity contribution in [1.29, 1.82) is 0 Å². The molecule has 0 bridgehead atoms. The third-order valence-corrected chi connectivity index (χ3v) is 12.2. The van der Waals surface area contributed by atoms with Crippen LogP contribution in [0.1, 0.15) is 132 Å². The number of hydrogen-bond donors (Lipinski definition) is 3. The van der Waals surface area contributed by atoms with Gasteiger partial charge >= 0.3 is 11.9 Å². The van der Waals surface area contributed by atoms with E-state index in [0.717, 1.165) is 69.9 Å². The molecule has 1 saturated heterocycles. The van der Waals surface area contributed by atoms with Crippen LogP contribution in [-0.4, -0.2) is 76.2 Å². The number of nitrogens with zero attached hydrogens (tertiary/aromatic N) is 2. The lowest BCUT2D eigenvalue weighted by Gasteiger charge is -2.35. The van der Waals surface area contributed by atoms with Crippen molar-refractivity contribution in [3.8, 4) is 0 Å². The van der Waals surface area contributed by atoms with E-state index in [2.05, 4.69) is 20.5 Å². The molecule has 12 heteroatoms. The number of rotatable bonds is 19. The number of aromatic nitrogens is 1. The van der Waals surface area contributed by atoms with Gasteiger partial charge in [0.25, 0.3) is 5.91 Å². The molecule has 2 aromatic rings. The molecule has 0 spiro atoms. The number of carboxylic acid groups (broad SMARTS) is 1. The molecule has 2 aliphatic rings. The van der Waals surface area contributed by atoms with Gasteiger partial charge in [0.1, 0.15) is 10.7 Å². The predicted octanol–water partition coefficient (Wildman–Crippen LogP) is 6.76. The van der Waals surface area contributed by atoms with E-state index in [1.165, 1.54) is 18.3 Å². The minimum atomic E-state index is -0.934. The first-order chi connectivity index (χ1) is 25.4. The number of benzene rings is 1. The average molecular weight is 753 g/mol. The molecule has 11 nitrogen and oxygen atoms in total. The van der Waals surface area contributed by atoms with E-state index >= 15 is 0 Å². The zero-order chi connectivity index (χ0) is 38.5. The Hall–Kier alpha value is -3.64. The van der Waals surface area contributed by atoms with Crippen molar-refractivity contribution in [1.82, 2.24) is 20.5 Å². The molecule has 7 atom stereocenters. The molecule has 1 aromatic carbocycles. The van der Waals surface area contributed by atoms with Crippen LogP contribution in [-0.2, 0) is 30.3 Å². The summed E-state index contributed by atoms with van der Waals surface area (Å²) in [5, 5.41) is 18.0. The summed E-state index contributed by atoms with van der Waals surface area (Å²) in [5.41, 5.74) is 1.13. The molecule has 2 amide bonds. The Kier molecular flexibility index (Phi) is 16.5. The highest BCUT2D eigenvalue weighted by molar-refractivity contribution is 7.09. The van der Waals surface area contributed by atoms with Crippen molar-refractivity contribution in [3.63, 3.8) is 0 Å². The largest absolute Gasteiger partial charge is 0.481 e. The van der Waals surface area contributed by atoms with E-state index in [0.29, 0.717) is 17.8 Å². The van der Waals surface area contributed by atoms with E-state index in [-0.39, 0.29) is 54.1 Å². The fraction of sp³-hybridized carbons (Fsp3) is 0.659. The highest BCUT2D eigenvalue weighted by Crippen LogP contribution is 2.35. The number of nitrogens with one attached hydrogen (secondary N) is 2. The fourth-order valence-electron chi connectivity index (χ4n) is 7.92. The number of hydrogen-bond acceptors (Lipinski definition) is 9. The van der Waals surface area contributed by atoms with Crippen LogP contribution >= 0.6 is 11.3 Å². The van der Waals surface area contributed by atoms with Crippen molar-refractivity contribution >= 4 is 40.9 Å². The topological polar surface area (TPSA) is 155 Å². The Morgan fingerprint density at radius 2 is 1.68 bits per heavy atom. The molecule has 2 heterocycles. The third kappa shape index (κ3) is 12.7. The highest BCUT2D eigenvalue weighted by atomic mass is 32.1. The molecule has 292 valence electrons. The molecule has 53 heavy (non-hydrogen) atoms. The lowest BCUT2D eigenvalue weighted by molar-refractivity contribution is -0.148. The second-order valence-electron chi connectivity index (χ2n) is 15.4. The van der Waals surface area contributed by atoms with Crippen molar-refractivity contribution in [2.24, 2.45) is 23.7 Å². The number of amides is 2. The van der Waals surface area contributed by atoms with E-state index in [9.17, 15) is 29.1 Å². The monoisotopic (exact) mass is 752 g/mol. The summed E-state index contributed by atoms with van der Waals surface area (Å²) in [5.74, 6) is -2.83. The lowest BCUT2D eigenvalue weighted by atomic mass is 9.80. The molecule has 0 radical (unpaired) electrons. The molecule has 1 aliphatic carbocycles. The Morgan fingerprint density at radius 3 is 2.32 bits per heavy atom. The van der Waals surface area contributed by atoms with Crippen LogP contribution in [0.2, 0.25) is 0 Å². The minimum Gasteiger partial charge on any atom is -0.481 e. The van der Waals surface area contributed by atoms with Crippen molar-refractivity contribution in [2.45, 2.75) is 135 Å². The van der Waals surface area contributed by atoms with Crippen molar-refractivity contribution < 1.29 is 33.8 Å². The summed E-state index contributed by atoms with van der Waals surface area (Å²) in [6, 6.07) is 8.67. The van der Waals surface area contributed by atoms with Gasteiger partial charge in [-0.1, -0.05) is 83.2 Å². The fourth-order valence-corrected chi connectivity index (χ4v) is 8.76. The molecule has 2 fully saturated rings. The smallest absolute Gasteiger partial charge is 0.306 e. The zero-order valence-corrected chi connectivity index (χ0v) is 33.0. The SMILES string of the molecule is CC[C@H](C)[C@H](CC(=O)[C@H]1CCCCN1C)C(=O)N[C@H](C[C@@H](OC(C)=O)c1nc(C(=O)N[C@@H](Cc2ccccc2)C[C@H](C)C(=O)O)cs1)C1CCCCC1. The van der Waals surface area contributed by atoms with Crippen LogP contribution in [0.3, 0.4) is 0 Å². The summed E-state index contributed by atoms with van der Waals surface area (Å²) in [6.45, 7) is 7.93. The Labute approximate surface area is 319 Å².